The zero-order valence-electron chi connectivity index (χ0n) is 15.5. The van der Waals surface area contributed by atoms with E-state index in [1.165, 1.54) is 0 Å². The first kappa shape index (κ1) is 18.2. The van der Waals surface area contributed by atoms with E-state index in [9.17, 15) is 4.79 Å². The highest BCUT2D eigenvalue weighted by atomic mass is 16.5. The third kappa shape index (κ3) is 4.32. The lowest BCUT2D eigenvalue weighted by atomic mass is 10.1. The third-order valence-corrected chi connectivity index (χ3v) is 4.42. The number of aromatic amines is 1. The van der Waals surface area contributed by atoms with Gasteiger partial charge in [0.15, 0.2) is 0 Å². The Morgan fingerprint density at radius 3 is 2.54 bits per heavy atom. The van der Waals surface area contributed by atoms with Gasteiger partial charge in [0.05, 0.1) is 12.3 Å². The molecule has 3 rings (SSSR count). The first-order valence-corrected chi connectivity index (χ1v) is 9.01. The van der Waals surface area contributed by atoms with Gasteiger partial charge in [0.1, 0.15) is 11.4 Å². The van der Waals surface area contributed by atoms with Gasteiger partial charge < -0.3 is 9.64 Å². The standard InChI is InChI=1S/C20H26N4O2/c1-4-26-17-7-5-16(6-8-17)18-13-19(22-21-18)20(25)24-11-9-23(10-12-24)14-15(2)3/h5-8,13H,2,4,9-12,14H2,1,3H3,(H,21,22). The summed E-state index contributed by atoms with van der Waals surface area (Å²) < 4.78 is 5.45. The number of hydrogen-bond acceptors (Lipinski definition) is 4. The maximum atomic E-state index is 12.7. The van der Waals surface area contributed by atoms with E-state index in [0.29, 0.717) is 12.3 Å². The van der Waals surface area contributed by atoms with Crippen LogP contribution in [0.3, 0.4) is 0 Å². The number of carbonyl (C=O) groups excluding carboxylic acids is 1. The highest BCUT2D eigenvalue weighted by Gasteiger charge is 2.23. The minimum absolute atomic E-state index is 0.00432. The average Bonchev–Trinajstić information content (AvgIpc) is 3.12. The van der Waals surface area contributed by atoms with Crippen molar-refractivity contribution >= 4 is 5.91 Å². The Morgan fingerprint density at radius 2 is 1.92 bits per heavy atom. The summed E-state index contributed by atoms with van der Waals surface area (Å²) in [6.45, 7) is 12.7. The number of carbonyl (C=O) groups is 1. The smallest absolute Gasteiger partial charge is 0.271 e. The number of amides is 1. The summed E-state index contributed by atoms with van der Waals surface area (Å²) in [6, 6.07) is 9.54. The van der Waals surface area contributed by atoms with Crippen LogP contribution in [-0.2, 0) is 0 Å². The number of nitrogens with zero attached hydrogens (tertiary/aromatic N) is 3. The molecule has 1 aromatic heterocycles. The van der Waals surface area contributed by atoms with Gasteiger partial charge in [-0.3, -0.25) is 14.8 Å². The summed E-state index contributed by atoms with van der Waals surface area (Å²) in [5.41, 5.74) is 3.40. The van der Waals surface area contributed by atoms with Gasteiger partial charge >= 0.3 is 0 Å². The molecule has 0 saturated carbocycles. The normalized spacial score (nSPS) is 15.1. The second-order valence-corrected chi connectivity index (χ2v) is 6.65. The maximum absolute atomic E-state index is 12.7. The first-order valence-electron chi connectivity index (χ1n) is 9.01. The number of piperazine rings is 1. The van der Waals surface area contributed by atoms with Crippen molar-refractivity contribution in [1.29, 1.82) is 0 Å². The van der Waals surface area contributed by atoms with Gasteiger partial charge in [-0.15, -0.1) is 0 Å². The molecule has 6 heteroatoms. The van der Waals surface area contributed by atoms with Gasteiger partial charge in [0.2, 0.25) is 0 Å². The summed E-state index contributed by atoms with van der Waals surface area (Å²) in [7, 11) is 0. The van der Waals surface area contributed by atoms with Crippen LogP contribution >= 0.6 is 0 Å². The molecule has 0 bridgehead atoms. The lowest BCUT2D eigenvalue weighted by Crippen LogP contribution is -2.49. The zero-order chi connectivity index (χ0) is 18.5. The van der Waals surface area contributed by atoms with Crippen LogP contribution in [0.25, 0.3) is 11.3 Å². The zero-order valence-corrected chi connectivity index (χ0v) is 15.5. The summed E-state index contributed by atoms with van der Waals surface area (Å²) in [4.78, 5) is 16.9. The highest BCUT2D eigenvalue weighted by molar-refractivity contribution is 5.93. The van der Waals surface area contributed by atoms with Crippen molar-refractivity contribution in [1.82, 2.24) is 20.0 Å². The van der Waals surface area contributed by atoms with Crippen LogP contribution in [0.2, 0.25) is 0 Å². The van der Waals surface area contributed by atoms with E-state index in [1.54, 1.807) is 0 Å². The molecule has 0 aliphatic carbocycles. The Kier molecular flexibility index (Phi) is 5.73. The molecule has 0 unspecified atom stereocenters. The van der Waals surface area contributed by atoms with E-state index >= 15 is 0 Å². The van der Waals surface area contributed by atoms with E-state index in [-0.39, 0.29) is 5.91 Å². The van der Waals surface area contributed by atoms with Crippen molar-refractivity contribution in [2.24, 2.45) is 0 Å². The van der Waals surface area contributed by atoms with E-state index in [1.807, 2.05) is 49.1 Å². The predicted octanol–water partition coefficient (Wildman–Crippen LogP) is 2.81. The molecule has 0 spiro atoms. The number of hydrogen-bond donors (Lipinski definition) is 1. The average molecular weight is 354 g/mol. The number of ether oxygens (including phenoxy) is 1. The number of H-pyrrole nitrogens is 1. The van der Waals surface area contributed by atoms with Gasteiger partial charge in [-0.1, -0.05) is 12.2 Å². The molecule has 2 heterocycles. The second kappa shape index (κ2) is 8.19. The van der Waals surface area contributed by atoms with Gasteiger partial charge in [0.25, 0.3) is 5.91 Å². The molecule has 1 aliphatic rings. The van der Waals surface area contributed by atoms with E-state index < -0.39 is 0 Å². The van der Waals surface area contributed by atoms with Crippen LogP contribution in [0, 0.1) is 0 Å². The molecule has 6 nitrogen and oxygen atoms in total. The van der Waals surface area contributed by atoms with Gasteiger partial charge in [-0.2, -0.15) is 5.10 Å². The topological polar surface area (TPSA) is 61.5 Å². The number of rotatable bonds is 6. The number of nitrogens with one attached hydrogen (secondary N) is 1. The largest absolute Gasteiger partial charge is 0.494 e. The maximum Gasteiger partial charge on any atom is 0.271 e. The van der Waals surface area contributed by atoms with Crippen molar-refractivity contribution < 1.29 is 9.53 Å². The lowest BCUT2D eigenvalue weighted by molar-refractivity contribution is 0.0642. The molecule has 1 aromatic carbocycles. The monoisotopic (exact) mass is 354 g/mol. The lowest BCUT2D eigenvalue weighted by Gasteiger charge is -2.34. The summed E-state index contributed by atoms with van der Waals surface area (Å²) in [5.74, 6) is 0.834. The Bertz CT molecular complexity index is 758. The van der Waals surface area contributed by atoms with Crippen molar-refractivity contribution in [2.75, 3.05) is 39.3 Å². The van der Waals surface area contributed by atoms with Crippen LogP contribution in [-0.4, -0.2) is 65.2 Å². The molecule has 1 fully saturated rings. The van der Waals surface area contributed by atoms with Crippen LogP contribution in [0.1, 0.15) is 24.3 Å². The fourth-order valence-corrected chi connectivity index (χ4v) is 3.13. The van der Waals surface area contributed by atoms with Crippen LogP contribution < -0.4 is 4.74 Å². The van der Waals surface area contributed by atoms with Crippen molar-refractivity contribution in [3.05, 3.63) is 48.2 Å². The summed E-state index contributed by atoms with van der Waals surface area (Å²) in [5, 5.41) is 7.18. The molecule has 1 N–H and O–H groups in total. The fourth-order valence-electron chi connectivity index (χ4n) is 3.13. The minimum atomic E-state index is 0.00432. The summed E-state index contributed by atoms with van der Waals surface area (Å²) in [6.07, 6.45) is 0. The molecule has 1 saturated heterocycles. The molecule has 26 heavy (non-hydrogen) atoms. The Labute approximate surface area is 154 Å². The SMILES string of the molecule is C=C(C)CN1CCN(C(=O)c2cc(-c3ccc(OCC)cc3)n[nH]2)CC1. The van der Waals surface area contributed by atoms with Crippen molar-refractivity contribution in [3.8, 4) is 17.0 Å². The van der Waals surface area contributed by atoms with Gasteiger partial charge in [0, 0.05) is 38.3 Å². The number of aromatic nitrogens is 2. The Balaban J connectivity index is 1.62. The number of benzene rings is 1. The minimum Gasteiger partial charge on any atom is -0.494 e. The fraction of sp³-hybridized carbons (Fsp3) is 0.400. The van der Waals surface area contributed by atoms with Crippen molar-refractivity contribution in [3.63, 3.8) is 0 Å². The molecule has 1 amide bonds. The van der Waals surface area contributed by atoms with Crippen LogP contribution in [0.15, 0.2) is 42.5 Å². The molecule has 0 radical (unpaired) electrons. The van der Waals surface area contributed by atoms with Crippen LogP contribution in [0.4, 0.5) is 0 Å². The third-order valence-electron chi connectivity index (χ3n) is 4.42. The van der Waals surface area contributed by atoms with E-state index in [4.69, 9.17) is 4.74 Å². The Morgan fingerprint density at radius 1 is 1.23 bits per heavy atom. The Hall–Kier alpha value is -2.60. The van der Waals surface area contributed by atoms with Gasteiger partial charge in [-0.05, 0) is 44.2 Å². The van der Waals surface area contributed by atoms with Crippen molar-refractivity contribution in [2.45, 2.75) is 13.8 Å². The quantitative estimate of drug-likeness (QED) is 0.811. The molecular weight excluding hydrogens is 328 g/mol. The molecule has 2 aromatic rings. The highest BCUT2D eigenvalue weighted by Crippen LogP contribution is 2.22. The van der Waals surface area contributed by atoms with E-state index in [2.05, 4.69) is 21.7 Å². The summed E-state index contributed by atoms with van der Waals surface area (Å²) >= 11 is 0. The van der Waals surface area contributed by atoms with E-state index in [0.717, 1.165) is 55.3 Å². The first-order chi connectivity index (χ1) is 12.6. The van der Waals surface area contributed by atoms with Gasteiger partial charge in [-0.25, -0.2) is 0 Å². The molecular formula is C20H26N4O2. The molecule has 0 atom stereocenters. The second-order valence-electron chi connectivity index (χ2n) is 6.65. The molecule has 138 valence electrons. The molecule has 1 aliphatic heterocycles. The predicted molar refractivity (Wildman–Crippen MR) is 102 cm³/mol. The van der Waals surface area contributed by atoms with Crippen LogP contribution in [0.5, 0.6) is 5.75 Å².